The van der Waals surface area contributed by atoms with Crippen molar-refractivity contribution in [3.8, 4) is 11.3 Å². The van der Waals surface area contributed by atoms with Crippen molar-refractivity contribution in [3.05, 3.63) is 69.3 Å². The van der Waals surface area contributed by atoms with Gasteiger partial charge in [-0.1, -0.05) is 35.9 Å². The smallest absolute Gasteiger partial charge is 0.288 e. The number of nitrogens with one attached hydrogen (secondary N) is 2. The molecule has 132 valence electrons. The van der Waals surface area contributed by atoms with Gasteiger partial charge in [0.1, 0.15) is 12.2 Å². The predicted molar refractivity (Wildman–Crippen MR) is 103 cm³/mol. The Balaban J connectivity index is 1.68. The van der Waals surface area contributed by atoms with E-state index in [2.05, 4.69) is 15.8 Å². The number of amides is 2. The Morgan fingerprint density at radius 1 is 1.15 bits per heavy atom. The van der Waals surface area contributed by atoms with Crippen molar-refractivity contribution in [2.75, 3.05) is 0 Å². The van der Waals surface area contributed by atoms with Gasteiger partial charge in [-0.25, -0.2) is 0 Å². The molecule has 26 heavy (non-hydrogen) atoms. The molecule has 0 fully saturated rings. The first-order valence-corrected chi connectivity index (χ1v) is 9.09. The average molecular weight is 384 g/mol. The fourth-order valence-corrected chi connectivity index (χ4v) is 3.37. The van der Waals surface area contributed by atoms with E-state index in [0.717, 1.165) is 16.8 Å². The first-order valence-electron chi connectivity index (χ1n) is 7.80. The summed E-state index contributed by atoms with van der Waals surface area (Å²) in [4.78, 5) is 28.1. The van der Waals surface area contributed by atoms with Crippen LogP contribution in [-0.2, 0) is 11.3 Å². The van der Waals surface area contributed by atoms with Gasteiger partial charge in [-0.05, 0) is 36.8 Å². The third-order valence-electron chi connectivity index (χ3n) is 3.64. The topological polar surface area (TPSA) is 76.0 Å². The van der Waals surface area contributed by atoms with Crippen molar-refractivity contribution in [1.82, 2.24) is 20.4 Å². The van der Waals surface area contributed by atoms with Crippen LogP contribution in [0.15, 0.2) is 54.0 Å². The summed E-state index contributed by atoms with van der Waals surface area (Å²) in [6.07, 6.45) is 1.51. The highest BCUT2D eigenvalue weighted by Crippen LogP contribution is 2.24. The van der Waals surface area contributed by atoms with Crippen LogP contribution >= 0.6 is 23.6 Å². The summed E-state index contributed by atoms with van der Waals surface area (Å²) in [6.45, 7) is 2.02. The monoisotopic (exact) mass is 384 g/mol. The van der Waals surface area contributed by atoms with Crippen molar-refractivity contribution < 1.29 is 9.59 Å². The number of hydrogen-bond acceptors (Lipinski definition) is 5. The van der Waals surface area contributed by atoms with E-state index in [4.69, 9.17) is 12.2 Å². The summed E-state index contributed by atoms with van der Waals surface area (Å²) in [5.74, 6) is -0.858. The van der Waals surface area contributed by atoms with Gasteiger partial charge in [-0.2, -0.15) is 0 Å². The molecule has 2 heterocycles. The Hall–Kier alpha value is -2.84. The molecule has 0 saturated heterocycles. The van der Waals surface area contributed by atoms with Crippen molar-refractivity contribution in [3.63, 3.8) is 0 Å². The fraction of sp³-hybridized carbons (Fsp3) is 0.111. The Kier molecular flexibility index (Phi) is 5.55. The SMILES string of the molecule is Cc1ccc(-c2csc(=S)n2CC(=O)NNC(=O)c2ccccn2)cc1. The Labute approximate surface area is 159 Å². The molecule has 0 bridgehead atoms. The van der Waals surface area contributed by atoms with Crippen LogP contribution in [0.5, 0.6) is 0 Å². The number of nitrogens with zero attached hydrogens (tertiary/aromatic N) is 2. The van der Waals surface area contributed by atoms with Gasteiger partial charge < -0.3 is 4.57 Å². The summed E-state index contributed by atoms with van der Waals surface area (Å²) in [6, 6.07) is 13.0. The molecule has 0 spiro atoms. The molecule has 8 heteroatoms. The number of hydrazine groups is 1. The maximum atomic E-state index is 12.2. The first kappa shape index (κ1) is 18.0. The lowest BCUT2D eigenvalue weighted by atomic mass is 10.1. The van der Waals surface area contributed by atoms with Crippen molar-refractivity contribution in [2.24, 2.45) is 0 Å². The second-order valence-electron chi connectivity index (χ2n) is 5.56. The lowest BCUT2D eigenvalue weighted by Crippen LogP contribution is -2.43. The summed E-state index contributed by atoms with van der Waals surface area (Å²) in [7, 11) is 0. The van der Waals surface area contributed by atoms with E-state index in [1.54, 1.807) is 22.8 Å². The standard InChI is InChI=1S/C18H16N4O2S2/c1-12-5-7-13(8-6-12)15-11-26-18(25)22(15)10-16(23)20-21-17(24)14-4-2-3-9-19-14/h2-9,11H,10H2,1H3,(H,20,23)(H,21,24). The molecular formula is C18H16N4O2S2. The number of thiazole rings is 1. The van der Waals surface area contributed by atoms with Gasteiger partial charge in [0.25, 0.3) is 11.8 Å². The summed E-state index contributed by atoms with van der Waals surface area (Å²) in [5, 5.41) is 1.92. The zero-order valence-electron chi connectivity index (χ0n) is 13.9. The lowest BCUT2D eigenvalue weighted by molar-refractivity contribution is -0.122. The second-order valence-corrected chi connectivity index (χ2v) is 7.06. The largest absolute Gasteiger partial charge is 0.313 e. The number of hydrogen-bond donors (Lipinski definition) is 2. The van der Waals surface area contributed by atoms with Crippen LogP contribution in [0.1, 0.15) is 16.1 Å². The Bertz CT molecular complexity index is 978. The van der Waals surface area contributed by atoms with Crippen LogP contribution in [-0.4, -0.2) is 21.4 Å². The molecule has 0 radical (unpaired) electrons. The number of carbonyl (C=O) groups excluding carboxylic acids is 2. The van der Waals surface area contributed by atoms with E-state index < -0.39 is 5.91 Å². The molecule has 0 aliphatic heterocycles. The molecule has 2 N–H and O–H groups in total. The molecule has 2 amide bonds. The van der Waals surface area contributed by atoms with Crippen LogP contribution in [0.4, 0.5) is 0 Å². The van der Waals surface area contributed by atoms with Crippen molar-refractivity contribution in [2.45, 2.75) is 13.5 Å². The molecule has 2 aromatic heterocycles. The second kappa shape index (κ2) is 8.03. The predicted octanol–water partition coefficient (Wildman–Crippen LogP) is 3.11. The molecule has 0 aliphatic rings. The number of aryl methyl sites for hydroxylation is 1. The molecule has 0 atom stereocenters. The number of aromatic nitrogens is 2. The first-order chi connectivity index (χ1) is 12.5. The molecule has 0 unspecified atom stereocenters. The molecule has 1 aromatic carbocycles. The Morgan fingerprint density at radius 3 is 2.62 bits per heavy atom. The van der Waals surface area contributed by atoms with E-state index in [1.807, 2.05) is 36.6 Å². The van der Waals surface area contributed by atoms with Crippen LogP contribution in [0.3, 0.4) is 0 Å². The third kappa shape index (κ3) is 4.22. The van der Waals surface area contributed by atoms with Gasteiger partial charge >= 0.3 is 0 Å². The lowest BCUT2D eigenvalue weighted by Gasteiger charge is -2.10. The van der Waals surface area contributed by atoms with Gasteiger partial charge in [0.2, 0.25) is 0 Å². The molecule has 3 rings (SSSR count). The number of carbonyl (C=O) groups is 2. The van der Waals surface area contributed by atoms with E-state index in [-0.39, 0.29) is 18.1 Å². The van der Waals surface area contributed by atoms with Gasteiger partial charge in [-0.15, -0.1) is 11.3 Å². The third-order valence-corrected chi connectivity index (χ3v) is 4.92. The number of pyridine rings is 1. The summed E-state index contributed by atoms with van der Waals surface area (Å²) >= 11 is 6.73. The minimum absolute atomic E-state index is 0.00798. The number of benzene rings is 1. The highest BCUT2D eigenvalue weighted by molar-refractivity contribution is 7.73. The van der Waals surface area contributed by atoms with Crippen LogP contribution in [0.25, 0.3) is 11.3 Å². The average Bonchev–Trinajstić information content (AvgIpc) is 3.01. The van der Waals surface area contributed by atoms with Gasteiger partial charge in [-0.3, -0.25) is 25.4 Å². The van der Waals surface area contributed by atoms with Gasteiger partial charge in [0.15, 0.2) is 3.95 Å². The fourth-order valence-electron chi connectivity index (χ4n) is 2.30. The molecular weight excluding hydrogens is 368 g/mol. The Morgan fingerprint density at radius 2 is 1.92 bits per heavy atom. The highest BCUT2D eigenvalue weighted by Gasteiger charge is 2.12. The van der Waals surface area contributed by atoms with Gasteiger partial charge in [0, 0.05) is 11.6 Å². The maximum Gasteiger partial charge on any atom is 0.288 e. The van der Waals surface area contributed by atoms with E-state index in [0.29, 0.717) is 3.95 Å². The summed E-state index contributed by atoms with van der Waals surface area (Å²) in [5.41, 5.74) is 7.97. The molecule has 0 saturated carbocycles. The summed E-state index contributed by atoms with van der Waals surface area (Å²) < 4.78 is 2.33. The molecule has 0 aliphatic carbocycles. The maximum absolute atomic E-state index is 12.2. The van der Waals surface area contributed by atoms with Crippen molar-refractivity contribution in [1.29, 1.82) is 0 Å². The van der Waals surface area contributed by atoms with Crippen molar-refractivity contribution >= 4 is 35.4 Å². The van der Waals surface area contributed by atoms with E-state index in [9.17, 15) is 9.59 Å². The number of rotatable bonds is 4. The van der Waals surface area contributed by atoms with E-state index >= 15 is 0 Å². The normalized spacial score (nSPS) is 10.3. The highest BCUT2D eigenvalue weighted by atomic mass is 32.1. The quantitative estimate of drug-likeness (QED) is 0.535. The zero-order chi connectivity index (χ0) is 18.5. The van der Waals surface area contributed by atoms with Gasteiger partial charge in [0.05, 0.1) is 5.69 Å². The molecule has 3 aromatic rings. The molecule has 6 nitrogen and oxygen atoms in total. The zero-order valence-corrected chi connectivity index (χ0v) is 15.6. The minimum Gasteiger partial charge on any atom is -0.313 e. The van der Waals surface area contributed by atoms with E-state index in [1.165, 1.54) is 17.5 Å². The minimum atomic E-state index is -0.480. The van der Waals surface area contributed by atoms with Crippen LogP contribution < -0.4 is 10.9 Å². The van der Waals surface area contributed by atoms with Crippen LogP contribution in [0, 0.1) is 10.9 Å². The van der Waals surface area contributed by atoms with Crippen LogP contribution in [0.2, 0.25) is 0 Å².